The van der Waals surface area contributed by atoms with Crippen molar-refractivity contribution in [3.05, 3.63) is 60.0 Å². The Balaban J connectivity index is 1.54. The van der Waals surface area contributed by atoms with Crippen molar-refractivity contribution in [2.45, 2.75) is 6.92 Å². The predicted molar refractivity (Wildman–Crippen MR) is 135 cm³/mol. The minimum Gasteiger partial charge on any atom is -0.495 e. The molecule has 0 aliphatic carbocycles. The van der Waals surface area contributed by atoms with Gasteiger partial charge >= 0.3 is 0 Å². The van der Waals surface area contributed by atoms with Crippen molar-refractivity contribution >= 4 is 34.7 Å². The molecule has 0 saturated carbocycles. The van der Waals surface area contributed by atoms with Gasteiger partial charge in [0.05, 0.1) is 31.7 Å². The topological polar surface area (TPSA) is 114 Å². The first kappa shape index (κ1) is 21.7. The molecule has 2 aromatic carbocycles. The Morgan fingerprint density at radius 3 is 2.74 bits per heavy atom. The summed E-state index contributed by atoms with van der Waals surface area (Å²) in [5, 5.41) is 10.9. The van der Waals surface area contributed by atoms with Gasteiger partial charge in [0.25, 0.3) is 0 Å². The maximum Gasteiger partial charge on any atom is 0.180 e. The number of ether oxygens (including phenoxy) is 2. The van der Waals surface area contributed by atoms with Crippen molar-refractivity contribution in [3.8, 4) is 17.0 Å². The van der Waals surface area contributed by atoms with Gasteiger partial charge in [-0.3, -0.25) is 4.40 Å². The molecule has 1 aliphatic heterocycles. The first-order valence-electron chi connectivity index (χ1n) is 11.1. The summed E-state index contributed by atoms with van der Waals surface area (Å²) in [6.07, 6.45) is 4.92. The van der Waals surface area contributed by atoms with Gasteiger partial charge in [-0.1, -0.05) is 12.1 Å². The number of nitrogens with zero attached hydrogens (tertiary/aromatic N) is 4. The number of anilines is 4. The minimum atomic E-state index is 0.539. The number of methoxy groups -OCH3 is 1. The zero-order valence-electron chi connectivity index (χ0n) is 19.2. The van der Waals surface area contributed by atoms with Crippen LogP contribution in [0.1, 0.15) is 11.3 Å². The van der Waals surface area contributed by atoms with Gasteiger partial charge in [-0.15, -0.1) is 0 Å². The van der Waals surface area contributed by atoms with Gasteiger partial charge in [0.1, 0.15) is 5.75 Å². The van der Waals surface area contributed by atoms with Crippen molar-refractivity contribution in [3.63, 3.8) is 0 Å². The molecule has 2 aromatic heterocycles. The Hall–Kier alpha value is -4.11. The second-order valence-corrected chi connectivity index (χ2v) is 8.11. The van der Waals surface area contributed by atoms with Crippen LogP contribution < -0.4 is 20.7 Å². The average molecular weight is 458 g/mol. The highest BCUT2D eigenvalue weighted by atomic mass is 16.5. The third-order valence-corrected chi connectivity index (χ3v) is 6.09. The van der Waals surface area contributed by atoms with E-state index in [2.05, 4.69) is 21.3 Å². The van der Waals surface area contributed by atoms with Crippen LogP contribution >= 0.6 is 0 Å². The number of imidazole rings is 1. The van der Waals surface area contributed by atoms with Crippen molar-refractivity contribution in [1.82, 2.24) is 14.4 Å². The van der Waals surface area contributed by atoms with E-state index in [-0.39, 0.29) is 0 Å². The average Bonchev–Trinajstić information content (AvgIpc) is 3.37. The summed E-state index contributed by atoms with van der Waals surface area (Å²) >= 11 is 0. The van der Waals surface area contributed by atoms with E-state index in [0.717, 1.165) is 52.8 Å². The SMILES string of the molecule is COc1cc(Nc2nc(-c3ccc(C=N)c(N)c3)c(C)n3ccnc23)ccc1N1CCOCC1. The predicted octanol–water partition coefficient (Wildman–Crippen LogP) is 3.87. The molecule has 0 radical (unpaired) electrons. The Labute approximate surface area is 197 Å². The minimum absolute atomic E-state index is 0.539. The quantitative estimate of drug-likeness (QED) is 0.297. The molecule has 4 aromatic rings. The largest absolute Gasteiger partial charge is 0.495 e. The molecule has 174 valence electrons. The number of benzene rings is 2. The van der Waals surface area contributed by atoms with E-state index < -0.39 is 0 Å². The first-order chi connectivity index (χ1) is 16.6. The van der Waals surface area contributed by atoms with Crippen molar-refractivity contribution < 1.29 is 9.47 Å². The fourth-order valence-corrected chi connectivity index (χ4v) is 4.27. The summed E-state index contributed by atoms with van der Waals surface area (Å²) in [5.74, 6) is 1.41. The van der Waals surface area contributed by atoms with Gasteiger partial charge in [0.2, 0.25) is 0 Å². The molecule has 34 heavy (non-hydrogen) atoms. The number of fused-ring (bicyclic) bond motifs is 1. The molecule has 0 spiro atoms. The smallest absolute Gasteiger partial charge is 0.180 e. The number of hydrogen-bond acceptors (Lipinski definition) is 8. The number of aromatic nitrogens is 3. The lowest BCUT2D eigenvalue weighted by atomic mass is 10.1. The standard InChI is InChI=1S/C25H27N7O2/c1-16-23(17-3-4-18(15-26)20(27)13-17)30-24(25-28-7-8-32(16)25)29-19-5-6-21(22(14-19)33-2)31-9-11-34-12-10-31/h3-8,13-15,26H,9-12,27H2,1-2H3,(H,29,30). The Morgan fingerprint density at radius 1 is 1.18 bits per heavy atom. The molecule has 0 bridgehead atoms. The molecule has 5 rings (SSSR count). The second-order valence-electron chi connectivity index (χ2n) is 8.11. The zero-order chi connectivity index (χ0) is 23.7. The molecular weight excluding hydrogens is 430 g/mol. The molecule has 1 saturated heterocycles. The summed E-state index contributed by atoms with van der Waals surface area (Å²) in [7, 11) is 1.68. The number of nitrogens with two attached hydrogens (primary N) is 1. The van der Waals surface area contributed by atoms with E-state index in [4.69, 9.17) is 25.6 Å². The summed E-state index contributed by atoms with van der Waals surface area (Å²) < 4.78 is 13.2. The molecule has 9 nitrogen and oxygen atoms in total. The molecule has 0 amide bonds. The molecule has 3 heterocycles. The summed E-state index contributed by atoms with van der Waals surface area (Å²) in [4.78, 5) is 11.7. The zero-order valence-corrected chi connectivity index (χ0v) is 19.2. The molecule has 1 aliphatic rings. The molecule has 1 fully saturated rings. The highest BCUT2D eigenvalue weighted by Crippen LogP contribution is 2.34. The van der Waals surface area contributed by atoms with E-state index in [1.807, 2.05) is 47.9 Å². The van der Waals surface area contributed by atoms with Crippen LogP contribution in [0.4, 0.5) is 22.9 Å². The normalized spacial score (nSPS) is 13.8. The number of aryl methyl sites for hydroxylation is 1. The van der Waals surface area contributed by atoms with Gasteiger partial charge in [0, 0.05) is 66.0 Å². The van der Waals surface area contributed by atoms with Crippen LogP contribution in [0.2, 0.25) is 0 Å². The maximum atomic E-state index is 7.50. The van der Waals surface area contributed by atoms with Crippen molar-refractivity contribution in [2.24, 2.45) is 0 Å². The second kappa shape index (κ2) is 9.03. The summed E-state index contributed by atoms with van der Waals surface area (Å²) in [6, 6.07) is 11.7. The van der Waals surface area contributed by atoms with Crippen molar-refractivity contribution in [1.29, 1.82) is 5.41 Å². The summed E-state index contributed by atoms with van der Waals surface area (Å²) in [5.41, 5.74) is 12.6. The molecule has 9 heteroatoms. The Kier molecular flexibility index (Phi) is 5.77. The maximum absolute atomic E-state index is 7.50. The van der Waals surface area contributed by atoms with Crippen LogP contribution in [0.15, 0.2) is 48.8 Å². The van der Waals surface area contributed by atoms with Gasteiger partial charge in [-0.25, -0.2) is 9.97 Å². The number of nitrogen functional groups attached to an aromatic ring is 1. The number of rotatable bonds is 6. The fraction of sp³-hybridized carbons (Fsp3) is 0.240. The monoisotopic (exact) mass is 457 g/mol. The number of morpholine rings is 1. The van der Waals surface area contributed by atoms with Crippen LogP contribution in [0, 0.1) is 12.3 Å². The summed E-state index contributed by atoms with van der Waals surface area (Å²) in [6.45, 7) is 5.09. The van der Waals surface area contributed by atoms with Crippen LogP contribution in [-0.2, 0) is 4.74 Å². The lowest BCUT2D eigenvalue weighted by Gasteiger charge is -2.30. The van der Waals surface area contributed by atoms with Crippen LogP contribution in [0.5, 0.6) is 5.75 Å². The van der Waals surface area contributed by atoms with Crippen LogP contribution in [0.25, 0.3) is 16.9 Å². The van der Waals surface area contributed by atoms with E-state index in [9.17, 15) is 0 Å². The Bertz CT molecular complexity index is 1360. The van der Waals surface area contributed by atoms with Crippen LogP contribution in [0.3, 0.4) is 0 Å². The van der Waals surface area contributed by atoms with Crippen LogP contribution in [-0.4, -0.2) is 54.0 Å². The Morgan fingerprint density at radius 2 is 2.00 bits per heavy atom. The molecular formula is C25H27N7O2. The highest BCUT2D eigenvalue weighted by Gasteiger charge is 2.18. The lowest BCUT2D eigenvalue weighted by molar-refractivity contribution is 0.122. The lowest BCUT2D eigenvalue weighted by Crippen LogP contribution is -2.36. The third kappa shape index (κ3) is 3.90. The first-order valence-corrected chi connectivity index (χ1v) is 11.1. The fourth-order valence-electron chi connectivity index (χ4n) is 4.27. The third-order valence-electron chi connectivity index (χ3n) is 6.09. The van der Waals surface area contributed by atoms with E-state index in [1.165, 1.54) is 6.21 Å². The van der Waals surface area contributed by atoms with Gasteiger partial charge < -0.3 is 30.8 Å². The van der Waals surface area contributed by atoms with E-state index in [1.54, 1.807) is 13.3 Å². The molecule has 4 N–H and O–H groups in total. The highest BCUT2D eigenvalue weighted by molar-refractivity contribution is 5.87. The van der Waals surface area contributed by atoms with Gasteiger partial charge in [0.15, 0.2) is 11.5 Å². The van der Waals surface area contributed by atoms with Gasteiger partial charge in [-0.05, 0) is 25.1 Å². The van der Waals surface area contributed by atoms with Crippen molar-refractivity contribution in [2.75, 3.05) is 49.4 Å². The van der Waals surface area contributed by atoms with Gasteiger partial charge in [-0.2, -0.15) is 0 Å². The van der Waals surface area contributed by atoms with E-state index in [0.29, 0.717) is 30.3 Å². The molecule has 0 atom stereocenters. The van der Waals surface area contributed by atoms with E-state index >= 15 is 0 Å². The number of nitrogens with one attached hydrogen (secondary N) is 2. The molecule has 0 unspecified atom stereocenters. The number of hydrogen-bond donors (Lipinski definition) is 3.